The molecule has 0 saturated carbocycles. The second-order valence-corrected chi connectivity index (χ2v) is 6.56. The van der Waals surface area contributed by atoms with Gasteiger partial charge in [-0.25, -0.2) is 13.9 Å². The van der Waals surface area contributed by atoms with Crippen molar-refractivity contribution >= 4 is 17.6 Å². The minimum Gasteiger partial charge on any atom is -0.459 e. The first-order valence-corrected chi connectivity index (χ1v) is 8.29. The van der Waals surface area contributed by atoms with Gasteiger partial charge in [0.2, 0.25) is 0 Å². The van der Waals surface area contributed by atoms with E-state index < -0.39 is 11.8 Å². The Morgan fingerprint density at radius 2 is 2.04 bits per heavy atom. The van der Waals surface area contributed by atoms with E-state index in [0.29, 0.717) is 12.0 Å². The van der Waals surface area contributed by atoms with Gasteiger partial charge in [-0.05, 0) is 51.7 Å². The predicted molar refractivity (Wildman–Crippen MR) is 88.6 cm³/mol. The van der Waals surface area contributed by atoms with Crippen molar-refractivity contribution in [1.29, 1.82) is 0 Å². The fraction of sp³-hybridized carbons (Fsp3) is 0.412. The van der Waals surface area contributed by atoms with Crippen molar-refractivity contribution < 1.29 is 13.9 Å². The maximum Gasteiger partial charge on any atom is 0.339 e. The third-order valence-electron chi connectivity index (χ3n) is 4.02. The van der Waals surface area contributed by atoms with Crippen LogP contribution in [0.3, 0.4) is 0 Å². The molecule has 1 aliphatic carbocycles. The van der Waals surface area contributed by atoms with Gasteiger partial charge in [-0.3, -0.25) is 9.89 Å². The number of benzene rings is 1. The van der Waals surface area contributed by atoms with Crippen molar-refractivity contribution in [3.05, 3.63) is 50.1 Å². The Balaban J connectivity index is 2.10. The van der Waals surface area contributed by atoms with Gasteiger partial charge in [-0.1, -0.05) is 11.6 Å². The number of hydrogen-bond donors (Lipinski definition) is 1. The lowest BCUT2D eigenvalue weighted by molar-refractivity contribution is 0.0378. The first-order valence-electron chi connectivity index (χ1n) is 7.91. The number of rotatable bonds is 3. The van der Waals surface area contributed by atoms with Crippen LogP contribution < -0.4 is 5.56 Å². The summed E-state index contributed by atoms with van der Waals surface area (Å²) in [5.74, 6) is -1.33. The smallest absolute Gasteiger partial charge is 0.339 e. The molecular formula is C17H18ClFN2O3. The van der Waals surface area contributed by atoms with E-state index in [2.05, 4.69) is 5.10 Å². The highest BCUT2D eigenvalue weighted by atomic mass is 35.5. The molecule has 0 bridgehead atoms. The van der Waals surface area contributed by atoms with Crippen LogP contribution in [0.1, 0.15) is 48.3 Å². The van der Waals surface area contributed by atoms with Crippen molar-refractivity contribution in [2.45, 2.75) is 45.6 Å². The molecule has 7 heteroatoms. The van der Waals surface area contributed by atoms with Crippen LogP contribution in [0, 0.1) is 5.82 Å². The van der Waals surface area contributed by atoms with Gasteiger partial charge < -0.3 is 4.74 Å². The van der Waals surface area contributed by atoms with Gasteiger partial charge in [0.05, 0.1) is 16.7 Å². The van der Waals surface area contributed by atoms with Gasteiger partial charge >= 0.3 is 5.97 Å². The number of carbonyl (C=O) groups excluding carboxylic acids is 1. The van der Waals surface area contributed by atoms with Gasteiger partial charge in [0.15, 0.2) is 0 Å². The average Bonchev–Trinajstić information content (AvgIpc) is 2.84. The molecule has 3 rings (SSSR count). The van der Waals surface area contributed by atoms with Crippen molar-refractivity contribution in [2.24, 2.45) is 0 Å². The fourth-order valence-electron chi connectivity index (χ4n) is 2.90. The number of hydrogen-bond acceptors (Lipinski definition) is 3. The van der Waals surface area contributed by atoms with E-state index in [1.807, 2.05) is 0 Å². The molecule has 1 N–H and O–H groups in total. The summed E-state index contributed by atoms with van der Waals surface area (Å²) in [5, 5.41) is 2.90. The summed E-state index contributed by atoms with van der Waals surface area (Å²) in [6.45, 7) is 3.42. The van der Waals surface area contributed by atoms with Gasteiger partial charge in [0.1, 0.15) is 11.5 Å². The standard InChI is InChI=1S/C17H18ClFN2O3/c1-9(2)24-17(23)11-7-15(13(19)8-12(11)18)21-16(22)10-5-3-4-6-14(10)20-21/h7-9,20H,3-6H2,1-2H3. The minimum atomic E-state index is -0.679. The summed E-state index contributed by atoms with van der Waals surface area (Å²) < 4.78 is 20.6. The number of ether oxygens (including phenoxy) is 1. The number of aryl methyl sites for hydroxylation is 1. The summed E-state index contributed by atoms with van der Waals surface area (Å²) in [6, 6.07) is 2.28. The molecule has 0 radical (unpaired) electrons. The lowest BCUT2D eigenvalue weighted by Gasteiger charge is -2.11. The van der Waals surface area contributed by atoms with Crippen LogP contribution >= 0.6 is 11.6 Å². The molecule has 1 aromatic heterocycles. The lowest BCUT2D eigenvalue weighted by Crippen LogP contribution is -2.20. The lowest BCUT2D eigenvalue weighted by atomic mass is 9.98. The van der Waals surface area contributed by atoms with Crippen LogP contribution in [0.15, 0.2) is 16.9 Å². The molecule has 1 aliphatic rings. The van der Waals surface area contributed by atoms with Gasteiger partial charge in [-0.15, -0.1) is 0 Å². The number of esters is 1. The topological polar surface area (TPSA) is 64.1 Å². The molecule has 0 spiro atoms. The van der Waals surface area contributed by atoms with Crippen LogP contribution in [0.2, 0.25) is 5.02 Å². The van der Waals surface area contributed by atoms with E-state index >= 15 is 0 Å². The molecule has 0 unspecified atom stereocenters. The zero-order chi connectivity index (χ0) is 17.4. The molecule has 5 nitrogen and oxygen atoms in total. The zero-order valence-electron chi connectivity index (χ0n) is 13.5. The Hall–Kier alpha value is -2.08. The highest BCUT2D eigenvalue weighted by Crippen LogP contribution is 2.25. The quantitative estimate of drug-likeness (QED) is 0.861. The predicted octanol–water partition coefficient (Wildman–Crippen LogP) is 3.40. The van der Waals surface area contributed by atoms with Crippen LogP contribution in [0.5, 0.6) is 0 Å². The summed E-state index contributed by atoms with van der Waals surface area (Å²) in [6.07, 6.45) is 3.03. The maximum atomic E-state index is 14.4. The number of aromatic amines is 1. The van der Waals surface area contributed by atoms with Gasteiger partial charge in [0, 0.05) is 11.3 Å². The molecule has 24 heavy (non-hydrogen) atoms. The number of aromatic nitrogens is 2. The van der Waals surface area contributed by atoms with Crippen molar-refractivity contribution in [3.8, 4) is 5.69 Å². The van der Waals surface area contributed by atoms with Crippen LogP contribution in [-0.4, -0.2) is 21.9 Å². The van der Waals surface area contributed by atoms with E-state index in [1.54, 1.807) is 13.8 Å². The maximum absolute atomic E-state index is 14.4. The van der Waals surface area contributed by atoms with Crippen molar-refractivity contribution in [2.75, 3.05) is 0 Å². The third-order valence-corrected chi connectivity index (χ3v) is 4.33. The van der Waals surface area contributed by atoms with Crippen LogP contribution in [0.25, 0.3) is 5.69 Å². The molecule has 1 heterocycles. The van der Waals surface area contributed by atoms with E-state index in [4.69, 9.17) is 16.3 Å². The van der Waals surface area contributed by atoms with E-state index in [-0.39, 0.29) is 27.9 Å². The number of nitrogens with one attached hydrogen (secondary N) is 1. The summed E-state index contributed by atoms with van der Waals surface area (Å²) >= 11 is 5.97. The van der Waals surface area contributed by atoms with Gasteiger partial charge in [0.25, 0.3) is 5.56 Å². The molecule has 1 aromatic carbocycles. The largest absolute Gasteiger partial charge is 0.459 e. The Morgan fingerprint density at radius 1 is 1.33 bits per heavy atom. The Morgan fingerprint density at radius 3 is 2.71 bits per heavy atom. The summed E-state index contributed by atoms with van der Waals surface area (Å²) in [4.78, 5) is 24.6. The highest BCUT2D eigenvalue weighted by Gasteiger charge is 2.22. The number of carbonyl (C=O) groups is 1. The van der Waals surface area contributed by atoms with Crippen LogP contribution in [0.4, 0.5) is 4.39 Å². The number of halogens is 2. The Bertz CT molecular complexity index is 854. The van der Waals surface area contributed by atoms with E-state index in [1.165, 1.54) is 6.07 Å². The van der Waals surface area contributed by atoms with Gasteiger partial charge in [-0.2, -0.15) is 0 Å². The third kappa shape index (κ3) is 2.98. The molecule has 0 fully saturated rings. The minimum absolute atomic E-state index is 0.0289. The Kier molecular flexibility index (Phi) is 4.49. The molecule has 0 atom stereocenters. The fourth-order valence-corrected chi connectivity index (χ4v) is 3.13. The number of nitrogens with zero attached hydrogens (tertiary/aromatic N) is 1. The average molecular weight is 353 g/mol. The number of fused-ring (bicyclic) bond motifs is 1. The monoisotopic (exact) mass is 352 g/mol. The van der Waals surface area contributed by atoms with E-state index in [9.17, 15) is 14.0 Å². The molecule has 2 aromatic rings. The normalized spacial score (nSPS) is 13.9. The van der Waals surface area contributed by atoms with Crippen LogP contribution in [-0.2, 0) is 17.6 Å². The highest BCUT2D eigenvalue weighted by molar-refractivity contribution is 6.33. The first kappa shape index (κ1) is 16.8. The second-order valence-electron chi connectivity index (χ2n) is 6.15. The second kappa shape index (κ2) is 6.43. The number of H-pyrrole nitrogens is 1. The first-order chi connectivity index (χ1) is 11.4. The van der Waals surface area contributed by atoms with Crippen molar-refractivity contribution in [1.82, 2.24) is 9.78 Å². The molecule has 0 aliphatic heterocycles. The van der Waals surface area contributed by atoms with Crippen molar-refractivity contribution in [3.63, 3.8) is 0 Å². The molecule has 0 amide bonds. The zero-order valence-corrected chi connectivity index (χ0v) is 14.2. The molecule has 128 valence electrons. The molecular weight excluding hydrogens is 335 g/mol. The summed E-state index contributed by atoms with van der Waals surface area (Å²) in [7, 11) is 0. The van der Waals surface area contributed by atoms with E-state index in [0.717, 1.165) is 35.7 Å². The molecule has 0 saturated heterocycles. The summed E-state index contributed by atoms with van der Waals surface area (Å²) in [5.41, 5.74) is 1.22. The SMILES string of the molecule is CC(C)OC(=O)c1cc(-n2[nH]c3c(c2=O)CCCC3)c(F)cc1Cl. The Labute approximate surface area is 143 Å².